The predicted molar refractivity (Wildman–Crippen MR) is 149 cm³/mol. The number of hydrogen-bond acceptors (Lipinski definition) is 4. The third kappa shape index (κ3) is 3.54. The van der Waals surface area contributed by atoms with E-state index in [1.165, 1.54) is 41.6 Å². The van der Waals surface area contributed by atoms with Crippen molar-refractivity contribution in [3.05, 3.63) is 83.4 Å². The number of piperidine rings is 1. The normalized spacial score (nSPS) is 33.1. The van der Waals surface area contributed by atoms with Gasteiger partial charge in [-0.2, -0.15) is 0 Å². The molecule has 3 aliphatic carbocycles. The van der Waals surface area contributed by atoms with E-state index < -0.39 is 17.1 Å². The largest absolute Gasteiger partial charge is 1.00 e. The molecule has 3 fully saturated rings. The Kier molecular flexibility index (Phi) is 6.15. The van der Waals surface area contributed by atoms with Crippen LogP contribution in [0.25, 0.3) is 11.1 Å². The zero-order valence-electron chi connectivity index (χ0n) is 22.9. The summed E-state index contributed by atoms with van der Waals surface area (Å²) in [6.45, 7) is 2.66. The molecule has 3 aromatic carbocycles. The number of likely N-dealkylation sites (N-methyl/N-ethyl adjacent to an activating group) is 1. The molecule has 6 heteroatoms. The van der Waals surface area contributed by atoms with Gasteiger partial charge in [0.25, 0.3) is 0 Å². The molecule has 0 aromatic heterocycles. The summed E-state index contributed by atoms with van der Waals surface area (Å²) in [4.78, 5) is 13.6. The molecular weight excluding hydrogens is 613 g/mol. The highest BCUT2D eigenvalue weighted by Crippen LogP contribution is 2.67. The van der Waals surface area contributed by atoms with Gasteiger partial charge in [0.15, 0.2) is 23.4 Å². The molecular formula is C34H36INO4. The number of hydrogen-bond donors (Lipinski definition) is 1. The van der Waals surface area contributed by atoms with Crippen LogP contribution >= 0.6 is 0 Å². The number of carbonyl (C=O) groups excluding carboxylic acids is 1. The summed E-state index contributed by atoms with van der Waals surface area (Å²) in [7, 11) is 2.44. The van der Waals surface area contributed by atoms with Crippen LogP contribution in [0.2, 0.25) is 0 Å². The maximum absolute atomic E-state index is 13.6. The first-order chi connectivity index (χ1) is 19.0. The van der Waals surface area contributed by atoms with Crippen molar-refractivity contribution >= 4 is 5.78 Å². The molecule has 1 spiro atoms. The summed E-state index contributed by atoms with van der Waals surface area (Å²) < 4.78 is 14.9. The number of halogens is 1. The molecule has 1 saturated heterocycles. The zero-order chi connectivity index (χ0) is 26.4. The summed E-state index contributed by atoms with van der Waals surface area (Å²) in [6.07, 6.45) is 4.94. The molecule has 3 aromatic rings. The molecule has 208 valence electrons. The number of ether oxygens (including phenoxy) is 2. The molecule has 5 atom stereocenters. The quantitative estimate of drug-likeness (QED) is 0.330. The van der Waals surface area contributed by atoms with Crippen LogP contribution in [-0.2, 0) is 28.0 Å². The van der Waals surface area contributed by atoms with Crippen LogP contribution in [0.4, 0.5) is 0 Å². The van der Waals surface area contributed by atoms with Crippen molar-refractivity contribution in [2.24, 2.45) is 5.92 Å². The fraction of sp³-hybridized carbons (Fsp3) is 0.441. The van der Waals surface area contributed by atoms with Gasteiger partial charge in [-0.3, -0.25) is 4.79 Å². The smallest absolute Gasteiger partial charge is 0.174 e. The summed E-state index contributed by atoms with van der Waals surface area (Å²) in [5.41, 5.74) is 4.73. The third-order valence-electron chi connectivity index (χ3n) is 10.8. The first-order valence-electron chi connectivity index (χ1n) is 14.6. The highest BCUT2D eigenvalue weighted by Gasteiger charge is 2.77. The van der Waals surface area contributed by atoms with Crippen molar-refractivity contribution in [1.82, 2.24) is 0 Å². The van der Waals surface area contributed by atoms with Gasteiger partial charge >= 0.3 is 0 Å². The lowest BCUT2D eigenvalue weighted by molar-refractivity contribution is -0.950. The molecule has 2 unspecified atom stereocenters. The fourth-order valence-electron chi connectivity index (χ4n) is 8.95. The Bertz CT molecular complexity index is 1490. The first kappa shape index (κ1) is 26.5. The Morgan fingerprint density at radius 1 is 1.02 bits per heavy atom. The van der Waals surface area contributed by atoms with Crippen molar-refractivity contribution in [2.45, 2.75) is 68.3 Å². The number of phenolic OH excluding ortho intramolecular Hbond substituents is 1. The van der Waals surface area contributed by atoms with Crippen molar-refractivity contribution < 1.29 is 47.8 Å². The highest BCUT2D eigenvalue weighted by molar-refractivity contribution is 5.90. The summed E-state index contributed by atoms with van der Waals surface area (Å²) in [5.74, 6) is 1.62. The Hall–Kier alpha value is -2.42. The molecule has 0 radical (unpaired) electrons. The molecule has 2 bridgehead atoms. The monoisotopic (exact) mass is 649 g/mol. The average molecular weight is 650 g/mol. The van der Waals surface area contributed by atoms with Crippen LogP contribution in [0.5, 0.6) is 11.5 Å². The van der Waals surface area contributed by atoms with Gasteiger partial charge in [-0.1, -0.05) is 60.7 Å². The van der Waals surface area contributed by atoms with Gasteiger partial charge in [-0.25, -0.2) is 0 Å². The number of rotatable bonds is 6. The second kappa shape index (κ2) is 9.30. The molecule has 2 saturated carbocycles. The number of benzene rings is 3. The number of phenols is 1. The van der Waals surface area contributed by atoms with E-state index in [0.29, 0.717) is 25.2 Å². The number of nitrogens with zero attached hydrogens (tertiary/aromatic N) is 1. The number of carbonyl (C=O) groups is 1. The highest BCUT2D eigenvalue weighted by atomic mass is 127. The number of aromatic hydroxyl groups is 1. The predicted octanol–water partition coefficient (Wildman–Crippen LogP) is 2.57. The fourth-order valence-corrected chi connectivity index (χ4v) is 8.95. The minimum Gasteiger partial charge on any atom is -1.00 e. The lowest BCUT2D eigenvalue weighted by Crippen LogP contribution is -3.00. The minimum atomic E-state index is -0.588. The second-order valence-corrected chi connectivity index (χ2v) is 12.9. The van der Waals surface area contributed by atoms with Crippen molar-refractivity contribution in [3.63, 3.8) is 0 Å². The third-order valence-corrected chi connectivity index (χ3v) is 10.8. The van der Waals surface area contributed by atoms with Gasteiger partial charge in [-0.15, -0.1) is 0 Å². The van der Waals surface area contributed by atoms with Crippen molar-refractivity contribution in [3.8, 4) is 22.6 Å². The van der Waals surface area contributed by atoms with E-state index in [4.69, 9.17) is 9.47 Å². The van der Waals surface area contributed by atoms with Crippen LogP contribution in [0.15, 0.2) is 66.7 Å². The SMILES string of the molecule is C[N@+]1(CC2CC2)CC[C@]23c4c5ccc(O)c4OC2C(=O)CC[C@@]3(OCc2ccccc2-c2ccccc2)C1C5.[I-]. The average Bonchev–Trinajstić information content (AvgIpc) is 3.69. The Morgan fingerprint density at radius 2 is 1.80 bits per heavy atom. The van der Waals surface area contributed by atoms with Gasteiger partial charge in [-0.05, 0) is 47.6 Å². The van der Waals surface area contributed by atoms with E-state index in [9.17, 15) is 9.90 Å². The summed E-state index contributed by atoms with van der Waals surface area (Å²) in [5, 5.41) is 10.9. The number of likely N-dealkylation sites (tertiary alicyclic amines) is 1. The topological polar surface area (TPSA) is 55.8 Å². The van der Waals surface area contributed by atoms with E-state index >= 15 is 0 Å². The summed E-state index contributed by atoms with van der Waals surface area (Å²) >= 11 is 0. The van der Waals surface area contributed by atoms with E-state index in [-0.39, 0.29) is 41.6 Å². The molecule has 8 rings (SSSR count). The molecule has 5 nitrogen and oxygen atoms in total. The van der Waals surface area contributed by atoms with Crippen LogP contribution in [-0.4, -0.2) is 53.3 Å². The Labute approximate surface area is 253 Å². The van der Waals surface area contributed by atoms with Crippen LogP contribution < -0.4 is 28.7 Å². The van der Waals surface area contributed by atoms with Gasteiger partial charge in [0, 0.05) is 30.7 Å². The summed E-state index contributed by atoms with van der Waals surface area (Å²) in [6, 6.07) is 23.1. The van der Waals surface area contributed by atoms with Gasteiger partial charge in [0.05, 0.1) is 32.2 Å². The van der Waals surface area contributed by atoms with Gasteiger partial charge in [0.2, 0.25) is 0 Å². The van der Waals surface area contributed by atoms with Gasteiger partial charge < -0.3 is 43.0 Å². The van der Waals surface area contributed by atoms with E-state index in [2.05, 4.69) is 61.6 Å². The second-order valence-electron chi connectivity index (χ2n) is 12.9. The van der Waals surface area contributed by atoms with Crippen molar-refractivity contribution in [1.29, 1.82) is 0 Å². The minimum absolute atomic E-state index is 0. The van der Waals surface area contributed by atoms with E-state index in [0.717, 1.165) is 35.4 Å². The first-order valence-corrected chi connectivity index (χ1v) is 14.6. The molecule has 2 heterocycles. The number of ketones is 1. The zero-order valence-corrected chi connectivity index (χ0v) is 25.1. The Balaban J connectivity index is 0.00000264. The standard InChI is InChI=1S/C34H35NO4.HI/c1-35(20-22-11-12-22)18-17-33-30-24-13-14-27(36)31(30)39-32(33)28(37)15-16-34(33,29(35)19-24)38-21-25-9-5-6-10-26(25)23-7-3-2-4-8-23;/h2-10,13-14,22,29,32H,11-12,15-21H2,1H3;1H/t29?,32?,33-,34+,35+;/m0./s1. The maximum atomic E-state index is 13.6. The van der Waals surface area contributed by atoms with Crippen LogP contribution in [0, 0.1) is 5.92 Å². The lowest BCUT2D eigenvalue weighted by atomic mass is 9.48. The maximum Gasteiger partial charge on any atom is 0.174 e. The van der Waals surface area contributed by atoms with Crippen LogP contribution in [0.1, 0.15) is 48.8 Å². The molecule has 1 N–H and O–H groups in total. The molecule has 40 heavy (non-hydrogen) atoms. The number of quaternary nitrogens is 1. The molecule has 5 aliphatic rings. The van der Waals surface area contributed by atoms with E-state index in [1.54, 1.807) is 6.07 Å². The van der Waals surface area contributed by atoms with Crippen molar-refractivity contribution in [2.75, 3.05) is 20.1 Å². The lowest BCUT2D eigenvalue weighted by Gasteiger charge is -2.66. The molecule has 2 aliphatic heterocycles. The van der Waals surface area contributed by atoms with E-state index in [1.807, 2.05) is 6.07 Å². The number of Topliss-reactive ketones (excluding diaryl/α,β-unsaturated/α-hetero) is 1. The Morgan fingerprint density at radius 3 is 2.60 bits per heavy atom. The van der Waals surface area contributed by atoms with Crippen LogP contribution in [0.3, 0.4) is 0 Å². The van der Waals surface area contributed by atoms with Gasteiger partial charge in [0.1, 0.15) is 11.6 Å². The molecule has 0 amide bonds.